The van der Waals surface area contributed by atoms with Crippen LogP contribution in [0.4, 0.5) is 0 Å². The lowest BCUT2D eigenvalue weighted by Crippen LogP contribution is -2.48. The summed E-state index contributed by atoms with van der Waals surface area (Å²) in [5.41, 5.74) is 9.08. The number of aliphatic hydroxyl groups excluding tert-OH is 1. The number of carbonyl (C=O) groups is 2. The lowest BCUT2D eigenvalue weighted by atomic mass is 9.97. The van der Waals surface area contributed by atoms with Crippen LogP contribution in [0.15, 0.2) is 54.6 Å². The normalized spacial score (nSPS) is 20.8. The lowest BCUT2D eigenvalue weighted by molar-refractivity contribution is -0.147. The van der Waals surface area contributed by atoms with E-state index in [2.05, 4.69) is 16.2 Å². The predicted molar refractivity (Wildman–Crippen MR) is 110 cm³/mol. The zero-order chi connectivity index (χ0) is 20.8. The third-order valence-corrected chi connectivity index (χ3v) is 5.09. The molecule has 5 N–H and O–H groups in total. The topological polar surface area (TPSA) is 111 Å². The van der Waals surface area contributed by atoms with E-state index in [9.17, 15) is 14.7 Å². The fraction of sp³-hybridized carbons (Fsp3) is 0.364. The van der Waals surface area contributed by atoms with E-state index >= 15 is 0 Å². The van der Waals surface area contributed by atoms with Gasteiger partial charge < -0.3 is 15.5 Å². The van der Waals surface area contributed by atoms with E-state index in [0.717, 1.165) is 16.7 Å². The number of hydrogen-bond acceptors (Lipinski definition) is 5. The molecule has 0 aromatic heterocycles. The Hall–Kier alpha value is -2.74. The summed E-state index contributed by atoms with van der Waals surface area (Å²) in [7, 11) is 0. The van der Waals surface area contributed by atoms with Crippen LogP contribution < -0.4 is 16.2 Å². The van der Waals surface area contributed by atoms with Gasteiger partial charge in [-0.25, -0.2) is 10.2 Å². The molecule has 7 heteroatoms. The molecule has 3 rings (SSSR count). The second kappa shape index (κ2) is 9.65. The highest BCUT2D eigenvalue weighted by atomic mass is 16.4. The molecule has 1 aliphatic rings. The van der Waals surface area contributed by atoms with E-state index < -0.39 is 18.1 Å². The number of amides is 1. The van der Waals surface area contributed by atoms with Crippen molar-refractivity contribution in [2.24, 2.45) is 0 Å². The minimum Gasteiger partial charge on any atom is -0.479 e. The maximum atomic E-state index is 12.5. The van der Waals surface area contributed by atoms with E-state index in [-0.39, 0.29) is 24.4 Å². The minimum atomic E-state index is -1.53. The van der Waals surface area contributed by atoms with E-state index in [4.69, 9.17) is 5.11 Å². The van der Waals surface area contributed by atoms with Gasteiger partial charge in [0.2, 0.25) is 5.91 Å². The van der Waals surface area contributed by atoms with Gasteiger partial charge in [0.1, 0.15) is 6.04 Å². The van der Waals surface area contributed by atoms with Gasteiger partial charge in [0, 0.05) is 18.5 Å². The second-order valence-electron chi connectivity index (χ2n) is 7.54. The molecule has 154 valence electrons. The van der Waals surface area contributed by atoms with E-state index in [1.54, 1.807) is 0 Å². The number of hydrazine groups is 1. The van der Waals surface area contributed by atoms with Gasteiger partial charge >= 0.3 is 5.97 Å². The first kappa shape index (κ1) is 21.0. The molecule has 1 heterocycles. The number of carboxylic acid groups (broad SMARTS) is 1. The highest BCUT2D eigenvalue weighted by Crippen LogP contribution is 2.20. The number of benzene rings is 2. The molecule has 0 aliphatic carbocycles. The zero-order valence-corrected chi connectivity index (χ0v) is 16.3. The number of nitrogens with one attached hydrogen (secondary N) is 3. The first-order valence-electron chi connectivity index (χ1n) is 9.79. The summed E-state index contributed by atoms with van der Waals surface area (Å²) in [5, 5.41) is 21.8. The van der Waals surface area contributed by atoms with Crippen molar-refractivity contribution in [3.8, 4) is 11.1 Å². The van der Waals surface area contributed by atoms with Crippen LogP contribution in [0.3, 0.4) is 0 Å². The zero-order valence-electron chi connectivity index (χ0n) is 16.3. The minimum absolute atomic E-state index is 0.0583. The van der Waals surface area contributed by atoms with Gasteiger partial charge in [0.15, 0.2) is 6.10 Å². The third-order valence-electron chi connectivity index (χ3n) is 5.09. The number of aliphatic hydroxyl groups is 1. The van der Waals surface area contributed by atoms with Crippen LogP contribution in [0.2, 0.25) is 0 Å². The predicted octanol–water partition coefficient (Wildman–Crippen LogP) is 1.47. The smallest absolute Gasteiger partial charge is 0.332 e. The van der Waals surface area contributed by atoms with Crippen LogP contribution in [0.1, 0.15) is 25.3 Å². The Balaban J connectivity index is 1.68. The molecule has 4 atom stereocenters. The van der Waals surface area contributed by atoms with Gasteiger partial charge in [-0.15, -0.1) is 0 Å². The van der Waals surface area contributed by atoms with Gasteiger partial charge in [-0.1, -0.05) is 54.6 Å². The van der Waals surface area contributed by atoms with Gasteiger partial charge in [-0.2, -0.15) is 0 Å². The second-order valence-corrected chi connectivity index (χ2v) is 7.54. The van der Waals surface area contributed by atoms with Crippen LogP contribution in [0.5, 0.6) is 0 Å². The van der Waals surface area contributed by atoms with Crippen molar-refractivity contribution in [2.75, 3.05) is 0 Å². The maximum absolute atomic E-state index is 12.5. The molecule has 0 saturated carbocycles. The highest BCUT2D eigenvalue weighted by molar-refractivity contribution is 5.82. The molecule has 0 radical (unpaired) electrons. The molecule has 1 aliphatic heterocycles. The number of carbonyl (C=O) groups excluding carboxylic acids is 1. The van der Waals surface area contributed by atoms with E-state index in [1.165, 1.54) is 0 Å². The van der Waals surface area contributed by atoms with Crippen molar-refractivity contribution in [3.63, 3.8) is 0 Å². The van der Waals surface area contributed by atoms with Crippen LogP contribution in [0, 0.1) is 0 Å². The highest BCUT2D eigenvalue weighted by Gasteiger charge is 2.29. The first-order valence-corrected chi connectivity index (χ1v) is 9.79. The Morgan fingerprint density at radius 3 is 2.31 bits per heavy atom. The average Bonchev–Trinajstić information content (AvgIpc) is 3.15. The molecule has 0 bridgehead atoms. The average molecular weight is 397 g/mol. The molecule has 1 fully saturated rings. The summed E-state index contributed by atoms with van der Waals surface area (Å²) in [6, 6.07) is 17.2. The summed E-state index contributed by atoms with van der Waals surface area (Å²) in [6.07, 6.45) is -0.512. The standard InChI is InChI=1S/C22H27N3O4/c1-14-11-19(25-24-14)21(27)23-18(13-20(26)22(28)29)12-15-7-9-17(10-8-15)16-5-3-2-4-6-16/h2-10,14,18-20,24-26H,11-13H2,1H3,(H,23,27)(H,28,29)/t14?,18?,19?,20-/m1/s1. The largest absolute Gasteiger partial charge is 0.479 e. The fourth-order valence-corrected chi connectivity index (χ4v) is 3.50. The molecule has 2 aromatic carbocycles. The van der Waals surface area contributed by atoms with Crippen LogP contribution >= 0.6 is 0 Å². The SMILES string of the molecule is CC1CC(C(=O)NC(Cc2ccc(-c3ccccc3)cc2)C[C@@H](O)C(=O)O)NN1. The van der Waals surface area contributed by atoms with Crippen molar-refractivity contribution in [3.05, 3.63) is 60.2 Å². The third kappa shape index (κ3) is 5.87. The number of carboxylic acids is 1. The summed E-state index contributed by atoms with van der Waals surface area (Å²) >= 11 is 0. The molecule has 7 nitrogen and oxygen atoms in total. The Morgan fingerprint density at radius 1 is 1.07 bits per heavy atom. The monoisotopic (exact) mass is 397 g/mol. The molecule has 29 heavy (non-hydrogen) atoms. The van der Waals surface area contributed by atoms with Crippen molar-refractivity contribution in [1.29, 1.82) is 0 Å². The molecular weight excluding hydrogens is 370 g/mol. The van der Waals surface area contributed by atoms with Crippen LogP contribution in [-0.4, -0.2) is 46.3 Å². The molecule has 0 spiro atoms. The Labute approximate surface area is 170 Å². The van der Waals surface area contributed by atoms with Crippen molar-refractivity contribution < 1.29 is 19.8 Å². The van der Waals surface area contributed by atoms with Crippen molar-refractivity contribution in [2.45, 2.75) is 50.4 Å². The molecule has 1 amide bonds. The number of hydrogen-bond donors (Lipinski definition) is 5. The van der Waals surface area contributed by atoms with Crippen LogP contribution in [0.25, 0.3) is 11.1 Å². The number of aliphatic carboxylic acids is 1. The lowest BCUT2D eigenvalue weighted by Gasteiger charge is -2.22. The summed E-state index contributed by atoms with van der Waals surface area (Å²) in [5.74, 6) is -1.50. The first-order chi connectivity index (χ1) is 13.9. The summed E-state index contributed by atoms with van der Waals surface area (Å²) in [6.45, 7) is 1.97. The van der Waals surface area contributed by atoms with Crippen molar-refractivity contribution in [1.82, 2.24) is 16.2 Å². The Morgan fingerprint density at radius 2 is 1.72 bits per heavy atom. The van der Waals surface area contributed by atoms with Gasteiger partial charge in [0.05, 0.1) is 0 Å². The van der Waals surface area contributed by atoms with Gasteiger partial charge in [-0.3, -0.25) is 10.2 Å². The molecule has 3 unspecified atom stereocenters. The quantitative estimate of drug-likeness (QED) is 0.461. The number of rotatable bonds is 8. The molecule has 1 saturated heterocycles. The fourth-order valence-electron chi connectivity index (χ4n) is 3.50. The molecular formula is C22H27N3O4. The Bertz CT molecular complexity index is 826. The Kier molecular flexibility index (Phi) is 6.98. The van der Waals surface area contributed by atoms with Crippen molar-refractivity contribution >= 4 is 11.9 Å². The van der Waals surface area contributed by atoms with E-state index in [1.807, 2.05) is 61.5 Å². The summed E-state index contributed by atoms with van der Waals surface area (Å²) < 4.78 is 0. The molecule has 2 aromatic rings. The van der Waals surface area contributed by atoms with Crippen LogP contribution in [-0.2, 0) is 16.0 Å². The van der Waals surface area contributed by atoms with Gasteiger partial charge in [0.25, 0.3) is 0 Å². The van der Waals surface area contributed by atoms with E-state index in [0.29, 0.717) is 12.8 Å². The summed E-state index contributed by atoms with van der Waals surface area (Å²) in [4.78, 5) is 23.6. The van der Waals surface area contributed by atoms with Gasteiger partial charge in [-0.05, 0) is 36.5 Å². The maximum Gasteiger partial charge on any atom is 0.332 e.